The van der Waals surface area contributed by atoms with Gasteiger partial charge in [-0.3, -0.25) is 0 Å². The zero-order valence-corrected chi connectivity index (χ0v) is 6.27. The zero-order chi connectivity index (χ0) is 0. The van der Waals surface area contributed by atoms with Gasteiger partial charge in [0.2, 0.25) is 0 Å². The van der Waals surface area contributed by atoms with Crippen LogP contribution in [0.4, 0.5) is 0 Å². The first-order valence-corrected chi connectivity index (χ1v) is 0. The van der Waals surface area contributed by atoms with Gasteiger partial charge in [-0.15, -0.1) is 0 Å². The van der Waals surface area contributed by atoms with Gasteiger partial charge in [0.25, 0.3) is 0 Å². The molecule has 0 heterocycles. The van der Waals surface area contributed by atoms with Crippen molar-refractivity contribution in [1.29, 1.82) is 0 Å². The predicted molar refractivity (Wildman–Crippen MR) is 41.2 cm³/mol. The van der Waals surface area contributed by atoms with Crippen LogP contribution in [0.3, 0.4) is 0 Å². The fourth-order valence-corrected chi connectivity index (χ4v) is 0. The molecule has 0 nitrogen and oxygen atoms in total. The van der Waals surface area contributed by atoms with Crippen LogP contribution in [0.15, 0.2) is 0 Å². The molecule has 0 aromatic carbocycles. The van der Waals surface area contributed by atoms with E-state index in [1.54, 1.807) is 0 Å². The maximum absolute atomic E-state index is 0. The Labute approximate surface area is 69.6 Å². The molecule has 1 unspecified atom stereocenters. The summed E-state index contributed by atoms with van der Waals surface area (Å²) in [5, 5.41) is 0. The topological polar surface area (TPSA) is 0 Å². The Bertz CT molecular complexity index is 6.00. The van der Waals surface area contributed by atoms with Crippen LogP contribution in [0.1, 0.15) is 0 Å². The molecule has 4 heavy (non-hydrogen) atoms. The summed E-state index contributed by atoms with van der Waals surface area (Å²) in [7, 11) is 0. The molecule has 0 rings (SSSR count). The SMILES string of the molecule is [AsH3].[GeH4].[GeH4].[SeH2]. The van der Waals surface area contributed by atoms with Crippen molar-refractivity contribution in [3.8, 4) is 0 Å². The van der Waals surface area contributed by atoms with Crippen LogP contribution in [-0.2, 0) is 0 Å². The van der Waals surface area contributed by atoms with Crippen molar-refractivity contribution in [2.24, 2.45) is 0 Å². The van der Waals surface area contributed by atoms with Gasteiger partial charge in [-0.25, -0.2) is 0 Å². The van der Waals surface area contributed by atoms with Crippen LogP contribution in [0.5, 0.6) is 0 Å². The first-order chi connectivity index (χ1) is 0. The van der Waals surface area contributed by atoms with E-state index in [0.29, 0.717) is 0 Å². The first-order valence-electron chi connectivity index (χ1n) is 0. The Morgan fingerprint density at radius 2 is 0.750 bits per heavy atom. The molecule has 0 fully saturated rings. The Kier molecular flexibility index (Phi) is 168. The van der Waals surface area contributed by atoms with Crippen LogP contribution < -0.4 is 0 Å². The third kappa shape index (κ3) is 8.90. The van der Waals surface area contributed by atoms with E-state index in [1.807, 2.05) is 0 Å². The maximum atomic E-state index is 0. The summed E-state index contributed by atoms with van der Waals surface area (Å²) in [5.41, 5.74) is 0. The summed E-state index contributed by atoms with van der Waals surface area (Å²) in [6.45, 7) is 0. The molecule has 4 heteroatoms. The van der Waals surface area contributed by atoms with Crippen LogP contribution in [0.25, 0.3) is 0 Å². The number of hydrogen-bond acceptors (Lipinski definition) is 0. The van der Waals surface area contributed by atoms with Crippen LogP contribution >= 0.6 is 0 Å². The van der Waals surface area contributed by atoms with Gasteiger partial charge < -0.3 is 0 Å². The van der Waals surface area contributed by atoms with Gasteiger partial charge in [-0.2, -0.15) is 0 Å². The van der Waals surface area contributed by atoms with Gasteiger partial charge in [0.15, 0.2) is 0 Å². The average molecular weight is 312 g/mol. The Balaban J connectivity index is 0. The summed E-state index contributed by atoms with van der Waals surface area (Å²) < 4.78 is 0. The molecule has 0 aromatic rings. The number of rotatable bonds is 0. The van der Waals surface area contributed by atoms with Crippen molar-refractivity contribution in [1.82, 2.24) is 0 Å². The van der Waals surface area contributed by atoms with Gasteiger partial charge in [-0.05, 0) is 0 Å². The molecule has 0 aliphatic heterocycles. The molecular weight excluding hydrogens is 299 g/mol. The standard InChI is InChI=1S/AsH3.2GeH4.H2Se/h1H3;2*1H4;1H2. The van der Waals surface area contributed by atoms with Crippen molar-refractivity contribution in [2.75, 3.05) is 0 Å². The summed E-state index contributed by atoms with van der Waals surface area (Å²) in [6.07, 6.45) is 0. The fourth-order valence-electron chi connectivity index (χ4n) is 0. The molecule has 0 saturated carbocycles. The molecule has 0 spiro atoms. The minimum absolute atomic E-state index is 0. The zero-order valence-electron chi connectivity index (χ0n) is 1.21. The molecule has 1 atom stereocenters. The molecule has 0 bridgehead atoms. The van der Waals surface area contributed by atoms with Gasteiger partial charge in [0, 0.05) is 0 Å². The van der Waals surface area contributed by atoms with E-state index in [-0.39, 0.29) is 70.2 Å². The van der Waals surface area contributed by atoms with Gasteiger partial charge in [0.05, 0.1) is 0 Å². The molecular formula is H13AsGe2Se. The third-order valence-corrected chi connectivity index (χ3v) is 0. The monoisotopic (exact) mass is 316 g/mol. The van der Waals surface area contributed by atoms with Gasteiger partial charge in [0.1, 0.15) is 0 Å². The summed E-state index contributed by atoms with van der Waals surface area (Å²) in [5.74, 6) is 0. The van der Waals surface area contributed by atoms with E-state index >= 15 is 0 Å². The molecule has 0 N–H and O–H groups in total. The van der Waals surface area contributed by atoms with E-state index in [0.717, 1.165) is 0 Å². The van der Waals surface area contributed by atoms with Crippen molar-refractivity contribution in [2.45, 2.75) is 0 Å². The van der Waals surface area contributed by atoms with Crippen LogP contribution in [0.2, 0.25) is 0 Å². The van der Waals surface area contributed by atoms with Crippen molar-refractivity contribution < 1.29 is 0 Å². The van der Waals surface area contributed by atoms with Crippen LogP contribution in [0, 0.1) is 0 Å². The second kappa shape index (κ2) is 19.1. The molecule has 0 aromatic heterocycles. The molecule has 0 radical (unpaired) electrons. The third-order valence-electron chi connectivity index (χ3n) is 0. The summed E-state index contributed by atoms with van der Waals surface area (Å²) >= 11 is 0. The first kappa shape index (κ1) is 35.1. The van der Waals surface area contributed by atoms with E-state index in [4.69, 9.17) is 0 Å². The molecule has 0 aliphatic carbocycles. The second-order valence-corrected chi connectivity index (χ2v) is 0. The second-order valence-electron chi connectivity index (χ2n) is 0. The van der Waals surface area contributed by atoms with Crippen molar-refractivity contribution in [3.05, 3.63) is 0 Å². The van der Waals surface area contributed by atoms with Crippen molar-refractivity contribution >= 4 is 70.2 Å². The van der Waals surface area contributed by atoms with E-state index in [2.05, 4.69) is 0 Å². The molecule has 0 saturated heterocycles. The molecule has 32 valence electrons. The summed E-state index contributed by atoms with van der Waals surface area (Å²) in [4.78, 5) is 0. The molecule has 0 aliphatic rings. The minimum atomic E-state index is 0. The van der Waals surface area contributed by atoms with Crippen molar-refractivity contribution in [3.63, 3.8) is 0 Å². The number of hydrogen-bond donors (Lipinski definition) is 0. The Morgan fingerprint density at radius 1 is 0.750 bits per heavy atom. The van der Waals surface area contributed by atoms with Gasteiger partial charge >= 0.3 is 70.2 Å². The van der Waals surface area contributed by atoms with E-state index < -0.39 is 0 Å². The fraction of sp³-hybridized carbons (Fsp3) is 0. The van der Waals surface area contributed by atoms with Crippen LogP contribution in [-0.4, -0.2) is 70.2 Å². The Hall–Kier alpha value is 2.16. The van der Waals surface area contributed by atoms with Gasteiger partial charge in [-0.1, -0.05) is 0 Å². The Morgan fingerprint density at radius 3 is 0.750 bits per heavy atom. The predicted octanol–water partition coefficient (Wildman–Crippen LogP) is -5.00. The normalized spacial score (nSPS) is 0. The summed E-state index contributed by atoms with van der Waals surface area (Å²) in [6, 6.07) is 0. The average Bonchev–Trinajstić information content (AvgIpc) is 0. The quantitative estimate of drug-likeness (QED) is 0.393. The van der Waals surface area contributed by atoms with E-state index in [9.17, 15) is 0 Å². The molecule has 0 amide bonds. The van der Waals surface area contributed by atoms with E-state index in [1.165, 1.54) is 0 Å².